The number of hydrogen-bond donors (Lipinski definition) is 3. The molecule has 0 aliphatic heterocycles. The van der Waals surface area contributed by atoms with Gasteiger partial charge in [-0.25, -0.2) is 0 Å². The van der Waals surface area contributed by atoms with Crippen LogP contribution < -0.4 is 16.0 Å². The van der Waals surface area contributed by atoms with E-state index in [-0.39, 0.29) is 11.8 Å². The third-order valence-corrected chi connectivity index (χ3v) is 4.59. The Bertz CT molecular complexity index is 671. The number of hydrogen-bond acceptors (Lipinski definition) is 4. The Labute approximate surface area is 152 Å². The molecule has 6 heteroatoms. The zero-order valence-corrected chi connectivity index (χ0v) is 15.3. The zero-order valence-electron chi connectivity index (χ0n) is 14.5. The van der Waals surface area contributed by atoms with Crippen LogP contribution in [0.1, 0.15) is 35.0 Å². The van der Waals surface area contributed by atoms with Crippen molar-refractivity contribution in [2.45, 2.75) is 26.2 Å². The van der Waals surface area contributed by atoms with Crippen molar-refractivity contribution in [1.82, 2.24) is 10.6 Å². The van der Waals surface area contributed by atoms with Crippen molar-refractivity contribution in [1.29, 1.82) is 0 Å². The van der Waals surface area contributed by atoms with Gasteiger partial charge in [-0.1, -0.05) is 19.1 Å². The first-order chi connectivity index (χ1) is 12.2. The Kier molecular flexibility index (Phi) is 8.15. The molecule has 0 unspecified atom stereocenters. The van der Waals surface area contributed by atoms with E-state index < -0.39 is 0 Å². The van der Waals surface area contributed by atoms with Gasteiger partial charge in [-0.3, -0.25) is 9.59 Å². The van der Waals surface area contributed by atoms with Crippen molar-refractivity contribution in [3.8, 4) is 0 Å². The van der Waals surface area contributed by atoms with Gasteiger partial charge in [-0.05, 0) is 49.0 Å². The minimum absolute atomic E-state index is 0.0266. The van der Waals surface area contributed by atoms with Crippen LogP contribution >= 0.6 is 11.3 Å². The lowest BCUT2D eigenvalue weighted by atomic mass is 10.1. The molecule has 2 rings (SSSR count). The molecule has 0 spiro atoms. The van der Waals surface area contributed by atoms with Gasteiger partial charge in [-0.15, -0.1) is 11.3 Å². The molecule has 1 heterocycles. The van der Waals surface area contributed by atoms with E-state index in [4.69, 9.17) is 0 Å². The molecule has 0 saturated carbocycles. The van der Waals surface area contributed by atoms with Gasteiger partial charge in [0.2, 0.25) is 5.91 Å². The van der Waals surface area contributed by atoms with Crippen LogP contribution in [0, 0.1) is 0 Å². The number of nitrogens with one attached hydrogen (secondary N) is 3. The normalized spacial score (nSPS) is 10.4. The van der Waals surface area contributed by atoms with Gasteiger partial charge < -0.3 is 16.0 Å². The summed E-state index contributed by atoms with van der Waals surface area (Å²) in [6.07, 6.45) is 2.20. The number of benzene rings is 1. The number of aryl methyl sites for hydroxylation is 1. The van der Waals surface area contributed by atoms with Crippen LogP contribution in [0.25, 0.3) is 0 Å². The Hall–Kier alpha value is -2.18. The smallest absolute Gasteiger partial charge is 0.251 e. The average Bonchev–Trinajstić information content (AvgIpc) is 3.12. The van der Waals surface area contributed by atoms with Gasteiger partial charge >= 0.3 is 0 Å². The van der Waals surface area contributed by atoms with Crippen molar-refractivity contribution in [3.63, 3.8) is 0 Å². The second-order valence-electron chi connectivity index (χ2n) is 5.67. The highest BCUT2D eigenvalue weighted by atomic mass is 32.1. The van der Waals surface area contributed by atoms with Crippen molar-refractivity contribution in [2.75, 3.05) is 25.0 Å². The first-order valence-electron chi connectivity index (χ1n) is 8.60. The predicted octanol–water partition coefficient (Wildman–Crippen LogP) is 3.05. The zero-order chi connectivity index (χ0) is 17.9. The van der Waals surface area contributed by atoms with Crippen LogP contribution in [0.4, 0.5) is 5.69 Å². The van der Waals surface area contributed by atoms with E-state index in [2.05, 4.69) is 22.0 Å². The summed E-state index contributed by atoms with van der Waals surface area (Å²) in [5.74, 6) is -0.159. The molecule has 134 valence electrons. The van der Waals surface area contributed by atoms with Crippen LogP contribution in [0.2, 0.25) is 0 Å². The lowest BCUT2D eigenvalue weighted by Gasteiger charge is -2.08. The van der Waals surface area contributed by atoms with Crippen LogP contribution in [0.3, 0.4) is 0 Å². The summed E-state index contributed by atoms with van der Waals surface area (Å²) in [4.78, 5) is 25.4. The molecular formula is C19H25N3O2S. The molecule has 0 aliphatic rings. The predicted molar refractivity (Wildman–Crippen MR) is 103 cm³/mol. The molecule has 0 atom stereocenters. The largest absolute Gasteiger partial charge is 0.351 e. The number of likely N-dealkylation sites (N-methyl/N-ethyl adjacent to an activating group) is 1. The van der Waals surface area contributed by atoms with E-state index in [0.717, 1.165) is 25.9 Å². The number of anilines is 1. The summed E-state index contributed by atoms with van der Waals surface area (Å²) in [5.41, 5.74) is 1.20. The topological polar surface area (TPSA) is 70.2 Å². The van der Waals surface area contributed by atoms with Crippen molar-refractivity contribution in [3.05, 3.63) is 52.2 Å². The lowest BCUT2D eigenvalue weighted by molar-refractivity contribution is -0.116. The maximum Gasteiger partial charge on any atom is 0.251 e. The first kappa shape index (κ1) is 19.1. The second kappa shape index (κ2) is 10.6. The third kappa shape index (κ3) is 7.07. The molecule has 0 radical (unpaired) electrons. The van der Waals surface area contributed by atoms with Gasteiger partial charge in [0, 0.05) is 35.6 Å². The monoisotopic (exact) mass is 359 g/mol. The molecule has 5 nitrogen and oxygen atoms in total. The van der Waals surface area contributed by atoms with Crippen LogP contribution in [-0.4, -0.2) is 31.4 Å². The fourth-order valence-corrected chi connectivity index (χ4v) is 3.13. The second-order valence-corrected chi connectivity index (χ2v) is 6.70. The van der Waals surface area contributed by atoms with E-state index in [1.54, 1.807) is 35.6 Å². The molecule has 1 aromatic heterocycles. The van der Waals surface area contributed by atoms with E-state index in [1.807, 2.05) is 18.4 Å². The molecular weight excluding hydrogens is 334 g/mol. The number of thiophene rings is 1. The summed E-state index contributed by atoms with van der Waals surface area (Å²) in [5, 5.41) is 10.9. The van der Waals surface area contributed by atoms with Crippen LogP contribution in [0.15, 0.2) is 41.8 Å². The fourth-order valence-electron chi connectivity index (χ4n) is 2.38. The van der Waals surface area contributed by atoms with Crippen LogP contribution in [0.5, 0.6) is 0 Å². The molecule has 2 aromatic rings. The lowest BCUT2D eigenvalue weighted by Crippen LogP contribution is -2.31. The maximum atomic E-state index is 12.1. The summed E-state index contributed by atoms with van der Waals surface area (Å²) in [7, 11) is 0. The third-order valence-electron chi connectivity index (χ3n) is 3.65. The molecule has 0 fully saturated rings. The van der Waals surface area contributed by atoms with E-state index in [1.165, 1.54) is 4.88 Å². The molecule has 25 heavy (non-hydrogen) atoms. The van der Waals surface area contributed by atoms with E-state index >= 15 is 0 Å². The highest BCUT2D eigenvalue weighted by Crippen LogP contribution is 2.14. The number of carbonyl (C=O) groups excluding carboxylic acids is 2. The molecule has 0 aliphatic carbocycles. The average molecular weight is 359 g/mol. The van der Waals surface area contributed by atoms with Gasteiger partial charge in [0.1, 0.15) is 0 Å². The van der Waals surface area contributed by atoms with E-state index in [0.29, 0.717) is 24.2 Å². The maximum absolute atomic E-state index is 12.1. The number of amides is 2. The molecule has 3 N–H and O–H groups in total. The summed E-state index contributed by atoms with van der Waals surface area (Å²) in [6.45, 7) is 4.22. The summed E-state index contributed by atoms with van der Waals surface area (Å²) in [6, 6.07) is 11.1. The highest BCUT2D eigenvalue weighted by Gasteiger charge is 2.08. The van der Waals surface area contributed by atoms with Crippen molar-refractivity contribution in [2.24, 2.45) is 0 Å². The van der Waals surface area contributed by atoms with Gasteiger partial charge in [0.05, 0.1) is 0 Å². The Morgan fingerprint density at radius 1 is 1.12 bits per heavy atom. The summed E-state index contributed by atoms with van der Waals surface area (Å²) >= 11 is 1.71. The number of carbonyl (C=O) groups is 2. The minimum atomic E-state index is -0.133. The molecule has 1 aromatic carbocycles. The SMILES string of the molecule is CCNCCNC(=O)c1cccc(NC(=O)CCCc2cccs2)c1. The van der Waals surface area contributed by atoms with Crippen molar-refractivity contribution < 1.29 is 9.59 Å². The van der Waals surface area contributed by atoms with Gasteiger partial charge in [-0.2, -0.15) is 0 Å². The fraction of sp³-hybridized carbons (Fsp3) is 0.368. The van der Waals surface area contributed by atoms with Gasteiger partial charge in [0.15, 0.2) is 0 Å². The molecule has 0 bridgehead atoms. The number of rotatable bonds is 10. The Balaban J connectivity index is 1.77. The minimum Gasteiger partial charge on any atom is -0.351 e. The summed E-state index contributed by atoms with van der Waals surface area (Å²) < 4.78 is 0. The van der Waals surface area contributed by atoms with Gasteiger partial charge in [0.25, 0.3) is 5.91 Å². The Morgan fingerprint density at radius 3 is 2.76 bits per heavy atom. The first-order valence-corrected chi connectivity index (χ1v) is 9.48. The van der Waals surface area contributed by atoms with Crippen molar-refractivity contribution >= 4 is 28.8 Å². The molecule has 2 amide bonds. The highest BCUT2D eigenvalue weighted by molar-refractivity contribution is 7.09. The Morgan fingerprint density at radius 2 is 2.00 bits per heavy atom. The van der Waals surface area contributed by atoms with Crippen LogP contribution in [-0.2, 0) is 11.2 Å². The standard InChI is InChI=1S/C19H25N3O2S/c1-2-20-11-12-21-19(24)15-6-3-7-16(14-15)22-18(23)10-4-8-17-9-5-13-25-17/h3,5-7,9,13-14,20H,2,4,8,10-12H2,1H3,(H,21,24)(H,22,23). The quantitative estimate of drug-likeness (QED) is 0.571. The van der Waals surface area contributed by atoms with E-state index in [9.17, 15) is 9.59 Å². The molecule has 0 saturated heterocycles.